The molecule has 1 saturated heterocycles. The summed E-state index contributed by atoms with van der Waals surface area (Å²) in [5.41, 5.74) is 0. The van der Waals surface area contributed by atoms with E-state index in [1.807, 2.05) is 0 Å². The molecule has 1 N–H and O–H groups in total. The quantitative estimate of drug-likeness (QED) is 0.703. The van der Waals surface area contributed by atoms with Crippen molar-refractivity contribution in [3.8, 4) is 0 Å². The maximum absolute atomic E-state index is 3.54. The zero-order chi connectivity index (χ0) is 8.10. The minimum Gasteiger partial charge on any atom is -0.305 e. The van der Waals surface area contributed by atoms with E-state index >= 15 is 0 Å². The Bertz CT molecular complexity index is 97.7. The Morgan fingerprint density at radius 3 is 2.91 bits per heavy atom. The van der Waals surface area contributed by atoms with E-state index in [2.05, 4.69) is 30.9 Å². The first kappa shape index (κ1) is 9.40. The average Bonchev–Trinajstić information content (AvgIpc) is 2.03. The van der Waals surface area contributed by atoms with Crippen molar-refractivity contribution >= 4 is 11.8 Å². The molecule has 66 valence electrons. The van der Waals surface area contributed by atoms with Crippen LogP contribution in [0, 0.1) is 5.92 Å². The zero-order valence-electron chi connectivity index (χ0n) is 7.60. The van der Waals surface area contributed by atoms with Crippen LogP contribution in [0.15, 0.2) is 0 Å². The number of rotatable bonds is 3. The van der Waals surface area contributed by atoms with Crippen LogP contribution in [0.25, 0.3) is 0 Å². The first-order valence-electron chi connectivity index (χ1n) is 4.64. The van der Waals surface area contributed by atoms with Crippen LogP contribution in [-0.2, 0) is 0 Å². The molecule has 0 amide bonds. The van der Waals surface area contributed by atoms with Gasteiger partial charge in [-0.25, -0.2) is 0 Å². The fourth-order valence-electron chi connectivity index (χ4n) is 1.29. The lowest BCUT2D eigenvalue weighted by Crippen LogP contribution is -2.31. The maximum Gasteiger partial charge on any atom is 0.0532 e. The molecule has 0 saturated carbocycles. The maximum atomic E-state index is 3.54. The summed E-state index contributed by atoms with van der Waals surface area (Å²) in [4.78, 5) is 0. The molecule has 11 heavy (non-hydrogen) atoms. The third kappa shape index (κ3) is 4.02. The molecule has 0 bridgehead atoms. The highest BCUT2D eigenvalue weighted by atomic mass is 32.2. The summed E-state index contributed by atoms with van der Waals surface area (Å²) in [6.45, 7) is 5.83. The molecule has 0 aromatic rings. The normalized spacial score (nSPS) is 25.9. The van der Waals surface area contributed by atoms with Crippen LogP contribution >= 0.6 is 11.8 Å². The predicted octanol–water partition coefficient (Wildman–Crippen LogP) is 2.48. The van der Waals surface area contributed by atoms with Crippen LogP contribution in [0.1, 0.15) is 33.1 Å². The van der Waals surface area contributed by atoms with Crippen LogP contribution < -0.4 is 5.32 Å². The van der Waals surface area contributed by atoms with Crippen molar-refractivity contribution < 1.29 is 0 Å². The van der Waals surface area contributed by atoms with E-state index in [9.17, 15) is 0 Å². The highest BCUT2D eigenvalue weighted by Gasteiger charge is 2.12. The fourth-order valence-corrected chi connectivity index (χ4v) is 2.42. The average molecular weight is 173 g/mol. The van der Waals surface area contributed by atoms with Crippen molar-refractivity contribution in [2.75, 3.05) is 12.3 Å². The van der Waals surface area contributed by atoms with Gasteiger partial charge < -0.3 is 5.32 Å². The van der Waals surface area contributed by atoms with Gasteiger partial charge in [0.1, 0.15) is 0 Å². The lowest BCUT2D eigenvalue weighted by Gasteiger charge is -2.23. The van der Waals surface area contributed by atoms with Crippen molar-refractivity contribution in [3.05, 3.63) is 0 Å². The van der Waals surface area contributed by atoms with Crippen LogP contribution in [0.2, 0.25) is 0 Å². The summed E-state index contributed by atoms with van der Waals surface area (Å²) in [5.74, 6) is 2.22. The van der Waals surface area contributed by atoms with Gasteiger partial charge in [0.2, 0.25) is 0 Å². The van der Waals surface area contributed by atoms with Crippen LogP contribution in [0.3, 0.4) is 0 Å². The van der Waals surface area contributed by atoms with E-state index in [4.69, 9.17) is 0 Å². The highest BCUT2D eigenvalue weighted by Crippen LogP contribution is 2.20. The fraction of sp³-hybridized carbons (Fsp3) is 1.00. The first-order chi connectivity index (χ1) is 5.29. The lowest BCUT2D eigenvalue weighted by atomic mass is 10.1. The van der Waals surface area contributed by atoms with E-state index in [-0.39, 0.29) is 0 Å². The molecule has 0 aromatic carbocycles. The van der Waals surface area contributed by atoms with E-state index in [1.165, 1.54) is 31.6 Å². The standard InChI is InChI=1S/C9H19NS/c1-8(2)4-5-9-10-6-3-7-11-9/h8-10H,3-7H2,1-2H3. The first-order valence-corrected chi connectivity index (χ1v) is 5.69. The molecule has 1 rings (SSSR count). The van der Waals surface area contributed by atoms with Gasteiger partial charge >= 0.3 is 0 Å². The molecule has 0 aromatic heterocycles. The molecule has 2 heteroatoms. The Labute approximate surface area is 74.3 Å². The number of thioether (sulfide) groups is 1. The SMILES string of the molecule is CC(C)CCC1NCCCS1. The van der Waals surface area contributed by atoms with Crippen LogP contribution in [-0.4, -0.2) is 17.7 Å². The van der Waals surface area contributed by atoms with Gasteiger partial charge in [-0.3, -0.25) is 0 Å². The number of hydrogen-bond acceptors (Lipinski definition) is 2. The molecule has 1 unspecified atom stereocenters. The highest BCUT2D eigenvalue weighted by molar-refractivity contribution is 7.99. The lowest BCUT2D eigenvalue weighted by molar-refractivity contribution is 0.500. The molecule has 0 aliphatic carbocycles. The third-order valence-electron chi connectivity index (χ3n) is 2.02. The summed E-state index contributed by atoms with van der Waals surface area (Å²) in [5, 5.41) is 4.29. The summed E-state index contributed by atoms with van der Waals surface area (Å²) in [6.07, 6.45) is 4.07. The summed E-state index contributed by atoms with van der Waals surface area (Å²) in [6, 6.07) is 0. The Balaban J connectivity index is 2.05. The summed E-state index contributed by atoms with van der Waals surface area (Å²) in [7, 11) is 0. The second-order valence-corrected chi connectivity index (χ2v) is 4.95. The van der Waals surface area contributed by atoms with Crippen molar-refractivity contribution in [2.45, 2.75) is 38.5 Å². The molecule has 0 radical (unpaired) electrons. The van der Waals surface area contributed by atoms with Gasteiger partial charge in [-0.15, -0.1) is 11.8 Å². The molecule has 1 heterocycles. The van der Waals surface area contributed by atoms with Crippen LogP contribution in [0.5, 0.6) is 0 Å². The van der Waals surface area contributed by atoms with Gasteiger partial charge in [-0.05, 0) is 37.5 Å². The summed E-state index contributed by atoms with van der Waals surface area (Å²) < 4.78 is 0. The third-order valence-corrected chi connectivity index (χ3v) is 3.35. The number of nitrogens with one attached hydrogen (secondary N) is 1. The minimum atomic E-state index is 0.756. The molecule has 1 nitrogen and oxygen atoms in total. The Hall–Kier alpha value is 0.310. The second-order valence-electron chi connectivity index (χ2n) is 3.64. The van der Waals surface area contributed by atoms with Gasteiger partial charge in [0.25, 0.3) is 0 Å². The monoisotopic (exact) mass is 173 g/mol. The van der Waals surface area contributed by atoms with Crippen molar-refractivity contribution in [1.82, 2.24) is 5.32 Å². The minimum absolute atomic E-state index is 0.756. The molecular weight excluding hydrogens is 154 g/mol. The van der Waals surface area contributed by atoms with Gasteiger partial charge in [-0.2, -0.15) is 0 Å². The molecule has 0 spiro atoms. The van der Waals surface area contributed by atoms with Gasteiger partial charge in [0.05, 0.1) is 5.37 Å². The van der Waals surface area contributed by atoms with Gasteiger partial charge in [0, 0.05) is 0 Å². The van der Waals surface area contributed by atoms with E-state index < -0.39 is 0 Å². The molecule has 1 atom stereocenters. The molecule has 1 aliphatic heterocycles. The van der Waals surface area contributed by atoms with Gasteiger partial charge in [-0.1, -0.05) is 13.8 Å². The molecule has 1 fully saturated rings. The van der Waals surface area contributed by atoms with Crippen LogP contribution in [0.4, 0.5) is 0 Å². The van der Waals surface area contributed by atoms with E-state index in [0.717, 1.165) is 11.3 Å². The van der Waals surface area contributed by atoms with Gasteiger partial charge in [0.15, 0.2) is 0 Å². The van der Waals surface area contributed by atoms with Crippen molar-refractivity contribution in [2.24, 2.45) is 5.92 Å². The topological polar surface area (TPSA) is 12.0 Å². The molecular formula is C9H19NS. The Morgan fingerprint density at radius 1 is 1.55 bits per heavy atom. The Kier molecular flexibility index (Phi) is 4.31. The summed E-state index contributed by atoms with van der Waals surface area (Å²) >= 11 is 2.09. The van der Waals surface area contributed by atoms with E-state index in [0.29, 0.717) is 0 Å². The predicted molar refractivity (Wildman–Crippen MR) is 52.9 cm³/mol. The zero-order valence-corrected chi connectivity index (χ0v) is 8.41. The molecule has 1 aliphatic rings. The smallest absolute Gasteiger partial charge is 0.0532 e. The largest absolute Gasteiger partial charge is 0.305 e. The van der Waals surface area contributed by atoms with Crippen molar-refractivity contribution in [3.63, 3.8) is 0 Å². The van der Waals surface area contributed by atoms with Crippen molar-refractivity contribution in [1.29, 1.82) is 0 Å². The van der Waals surface area contributed by atoms with E-state index in [1.54, 1.807) is 0 Å². The second kappa shape index (κ2) is 5.04. The number of hydrogen-bond donors (Lipinski definition) is 1. The Morgan fingerprint density at radius 2 is 2.36 bits per heavy atom.